The van der Waals surface area contributed by atoms with E-state index in [9.17, 15) is 4.21 Å². The zero-order chi connectivity index (χ0) is 16.2. The summed E-state index contributed by atoms with van der Waals surface area (Å²) in [4.78, 5) is 12.0. The maximum atomic E-state index is 10.6. The minimum Gasteiger partial charge on any atom is -0.497 e. The van der Waals surface area contributed by atoms with Crippen molar-refractivity contribution in [3.05, 3.63) is 42.9 Å². The van der Waals surface area contributed by atoms with Gasteiger partial charge in [0.15, 0.2) is 5.75 Å². The van der Waals surface area contributed by atoms with E-state index in [4.69, 9.17) is 14.0 Å². The summed E-state index contributed by atoms with van der Waals surface area (Å²) in [6.45, 7) is 0. The molecule has 0 aliphatic carbocycles. The van der Waals surface area contributed by atoms with Gasteiger partial charge in [-0.25, -0.2) is 14.2 Å². The van der Waals surface area contributed by atoms with Crippen LogP contribution in [0.2, 0.25) is 0 Å². The van der Waals surface area contributed by atoms with Gasteiger partial charge in [0.05, 0.1) is 25.0 Å². The average molecular weight is 332 g/mol. The van der Waals surface area contributed by atoms with E-state index in [1.54, 1.807) is 19.4 Å². The van der Waals surface area contributed by atoms with Gasteiger partial charge in [-0.3, -0.25) is 14.3 Å². The number of hydrogen-bond acceptors (Lipinski definition) is 6. The molecule has 3 rings (SSSR count). The number of fused-ring (bicyclic) bond motifs is 1. The molecule has 9 heteroatoms. The van der Waals surface area contributed by atoms with Gasteiger partial charge < -0.3 is 9.47 Å². The van der Waals surface area contributed by atoms with Crippen molar-refractivity contribution in [3.63, 3.8) is 0 Å². The molecule has 0 bridgehead atoms. The van der Waals surface area contributed by atoms with Crippen LogP contribution in [0.3, 0.4) is 0 Å². The number of aromatic nitrogens is 3. The van der Waals surface area contributed by atoms with Crippen LogP contribution >= 0.6 is 0 Å². The molecular weight excluding hydrogens is 320 g/mol. The van der Waals surface area contributed by atoms with Crippen molar-refractivity contribution in [1.82, 2.24) is 15.0 Å². The summed E-state index contributed by atoms with van der Waals surface area (Å²) in [5, 5.41) is 0.812. The Hall–Kier alpha value is -2.78. The quantitative estimate of drug-likeness (QED) is 0.691. The fraction of sp³-hybridized carbons (Fsp3) is 0.0714. The van der Waals surface area contributed by atoms with E-state index in [2.05, 4.69) is 19.7 Å². The second-order valence-electron chi connectivity index (χ2n) is 4.39. The number of benzene rings is 1. The first kappa shape index (κ1) is 15.1. The average Bonchev–Trinajstić information content (AvgIpc) is 2.56. The lowest BCUT2D eigenvalue weighted by Crippen LogP contribution is -2.05. The van der Waals surface area contributed by atoms with Crippen LogP contribution in [-0.2, 0) is 11.3 Å². The zero-order valence-corrected chi connectivity index (χ0v) is 12.8. The number of pyridine rings is 1. The molecular formula is C14H12N4O4S. The molecule has 0 saturated heterocycles. The van der Waals surface area contributed by atoms with E-state index in [-0.39, 0.29) is 5.95 Å². The molecule has 0 amide bonds. The highest BCUT2D eigenvalue weighted by atomic mass is 32.2. The van der Waals surface area contributed by atoms with Crippen molar-refractivity contribution in [2.45, 2.75) is 0 Å². The smallest absolute Gasteiger partial charge is 0.261 e. The lowest BCUT2D eigenvalue weighted by molar-refractivity contribution is 0.415. The topological polar surface area (TPSA) is 106 Å². The summed E-state index contributed by atoms with van der Waals surface area (Å²) < 4.78 is 32.4. The maximum absolute atomic E-state index is 10.6. The molecule has 1 unspecified atom stereocenters. The van der Waals surface area contributed by atoms with Gasteiger partial charge in [0, 0.05) is 17.6 Å². The van der Waals surface area contributed by atoms with Gasteiger partial charge in [0.25, 0.3) is 11.3 Å². The van der Waals surface area contributed by atoms with Crippen molar-refractivity contribution in [1.29, 1.82) is 0 Å². The largest absolute Gasteiger partial charge is 0.497 e. The van der Waals surface area contributed by atoms with Crippen molar-refractivity contribution < 1.29 is 18.2 Å². The molecule has 3 aromatic rings. The van der Waals surface area contributed by atoms with E-state index in [1.165, 1.54) is 12.4 Å². The van der Waals surface area contributed by atoms with Crippen LogP contribution in [-0.4, -0.2) is 30.8 Å². The first-order chi connectivity index (χ1) is 11.2. The second-order valence-corrected chi connectivity index (χ2v) is 5.09. The number of nitrogens with zero attached hydrogens (tertiary/aromatic N) is 3. The molecule has 2 aromatic heterocycles. The van der Waals surface area contributed by atoms with E-state index < -0.39 is 11.3 Å². The Morgan fingerprint density at radius 1 is 1.13 bits per heavy atom. The summed E-state index contributed by atoms with van der Waals surface area (Å²) in [6.07, 6.45) is 4.43. The predicted octanol–water partition coefficient (Wildman–Crippen LogP) is 2.37. The van der Waals surface area contributed by atoms with E-state index in [0.29, 0.717) is 17.2 Å². The van der Waals surface area contributed by atoms with Gasteiger partial charge in [0.2, 0.25) is 5.95 Å². The standard InChI is InChI=1S/C14H12N4O4S/c1-21-9-2-3-11-12(6-9)15-5-4-13(11)22-10-7-16-14(17-8-10)18-23(19)20/h2-8H,1H3,(H,19,20)(H,16,17,18). The van der Waals surface area contributed by atoms with E-state index in [1.807, 2.05) is 18.2 Å². The van der Waals surface area contributed by atoms with Gasteiger partial charge in [-0.1, -0.05) is 0 Å². The van der Waals surface area contributed by atoms with Crippen LogP contribution < -0.4 is 14.2 Å². The van der Waals surface area contributed by atoms with E-state index in [0.717, 1.165) is 10.9 Å². The van der Waals surface area contributed by atoms with Crippen LogP contribution in [0.1, 0.15) is 0 Å². The first-order valence-corrected chi connectivity index (χ1v) is 7.56. The van der Waals surface area contributed by atoms with Crippen molar-refractivity contribution in [2.75, 3.05) is 11.8 Å². The number of anilines is 1. The Morgan fingerprint density at radius 3 is 2.61 bits per heavy atom. The molecule has 0 aliphatic heterocycles. The summed E-state index contributed by atoms with van der Waals surface area (Å²) in [6, 6.07) is 7.20. The summed E-state index contributed by atoms with van der Waals surface area (Å²) in [7, 11) is 1.59. The highest BCUT2D eigenvalue weighted by Gasteiger charge is 2.07. The zero-order valence-electron chi connectivity index (χ0n) is 12.0. The number of ether oxygens (including phenoxy) is 2. The molecule has 0 saturated carbocycles. The van der Waals surface area contributed by atoms with E-state index >= 15 is 0 Å². The molecule has 0 spiro atoms. The predicted molar refractivity (Wildman–Crippen MR) is 84.8 cm³/mol. The number of rotatable bonds is 5. The molecule has 23 heavy (non-hydrogen) atoms. The highest BCUT2D eigenvalue weighted by molar-refractivity contribution is 7.80. The van der Waals surface area contributed by atoms with Gasteiger partial charge >= 0.3 is 0 Å². The van der Waals surface area contributed by atoms with Crippen molar-refractivity contribution in [3.8, 4) is 17.2 Å². The third kappa shape index (κ3) is 3.52. The number of nitrogens with one attached hydrogen (secondary N) is 1. The van der Waals surface area contributed by atoms with Crippen molar-refractivity contribution >= 4 is 28.1 Å². The highest BCUT2D eigenvalue weighted by Crippen LogP contribution is 2.30. The Kier molecular flexibility index (Phi) is 4.31. The minimum atomic E-state index is -2.22. The molecule has 0 radical (unpaired) electrons. The van der Waals surface area contributed by atoms with Crippen LogP contribution in [0.25, 0.3) is 10.9 Å². The maximum Gasteiger partial charge on any atom is 0.261 e. The number of methoxy groups -OCH3 is 1. The summed E-state index contributed by atoms with van der Waals surface area (Å²) in [5.74, 6) is 1.72. The van der Waals surface area contributed by atoms with Crippen LogP contribution in [0.5, 0.6) is 17.2 Å². The Balaban J connectivity index is 1.87. The van der Waals surface area contributed by atoms with Crippen LogP contribution in [0, 0.1) is 0 Å². The molecule has 2 N–H and O–H groups in total. The molecule has 1 atom stereocenters. The summed E-state index contributed by atoms with van der Waals surface area (Å²) in [5.41, 5.74) is 0.733. The van der Waals surface area contributed by atoms with Crippen LogP contribution in [0.4, 0.5) is 5.95 Å². The third-order valence-electron chi connectivity index (χ3n) is 2.94. The lowest BCUT2D eigenvalue weighted by Gasteiger charge is -2.09. The number of hydrogen-bond donors (Lipinski definition) is 2. The lowest BCUT2D eigenvalue weighted by atomic mass is 10.2. The fourth-order valence-corrected chi connectivity index (χ4v) is 2.21. The van der Waals surface area contributed by atoms with Crippen LogP contribution in [0.15, 0.2) is 42.9 Å². The Labute approximate surface area is 133 Å². The first-order valence-electron chi connectivity index (χ1n) is 6.46. The monoisotopic (exact) mass is 332 g/mol. The van der Waals surface area contributed by atoms with Gasteiger partial charge in [-0.2, -0.15) is 0 Å². The normalized spacial score (nSPS) is 11.9. The Morgan fingerprint density at radius 2 is 1.91 bits per heavy atom. The Bertz CT molecular complexity index is 857. The molecule has 0 aliphatic rings. The van der Waals surface area contributed by atoms with Crippen molar-refractivity contribution in [2.24, 2.45) is 0 Å². The molecule has 8 nitrogen and oxygen atoms in total. The molecule has 0 fully saturated rings. The van der Waals surface area contributed by atoms with Gasteiger partial charge in [0.1, 0.15) is 11.5 Å². The molecule has 118 valence electrons. The van der Waals surface area contributed by atoms with Gasteiger partial charge in [-0.05, 0) is 18.2 Å². The SMILES string of the molecule is COc1ccc2c(Oc3cnc(NS(=O)O)nc3)ccnc2c1. The second kappa shape index (κ2) is 6.55. The van der Waals surface area contributed by atoms with Gasteiger partial charge in [-0.15, -0.1) is 0 Å². The third-order valence-corrected chi connectivity index (χ3v) is 3.30. The fourth-order valence-electron chi connectivity index (χ4n) is 1.94. The summed E-state index contributed by atoms with van der Waals surface area (Å²) >= 11 is -2.22. The molecule has 2 heterocycles. The minimum absolute atomic E-state index is 0.0301. The molecule has 1 aromatic carbocycles.